The van der Waals surface area contributed by atoms with Crippen molar-refractivity contribution in [3.05, 3.63) is 164 Å². The third-order valence-corrected chi connectivity index (χ3v) is 29.0. The molecule has 4 atom stereocenters. The van der Waals surface area contributed by atoms with Gasteiger partial charge in [0.25, 0.3) is 23.6 Å². The number of pyridine rings is 2. The summed E-state index contributed by atoms with van der Waals surface area (Å²) in [7, 11) is 11.2. The Hall–Kier alpha value is -12.0. The van der Waals surface area contributed by atoms with Crippen LogP contribution in [0.2, 0.25) is 0 Å². The van der Waals surface area contributed by atoms with Crippen LogP contribution in [0.5, 0.6) is 57.5 Å². The molecule has 6 aromatic rings. The first-order chi connectivity index (χ1) is 71.1. The normalized spacial score (nSPS) is 18.9. The van der Waals surface area contributed by atoms with E-state index in [-0.39, 0.29) is 143 Å². The van der Waals surface area contributed by atoms with Gasteiger partial charge in [0.15, 0.2) is 46.0 Å². The van der Waals surface area contributed by atoms with E-state index in [1.54, 1.807) is 108 Å². The second-order valence-corrected chi connectivity index (χ2v) is 40.2. The van der Waals surface area contributed by atoms with Gasteiger partial charge in [-0.15, -0.1) is 0 Å². The average molecular weight is 2050 g/mol. The number of carbonyl (C=O) groups excluding carboxylic acids is 5. The Bertz CT molecular complexity index is 5830. The highest BCUT2D eigenvalue weighted by molar-refractivity contribution is 8.77. The van der Waals surface area contributed by atoms with Gasteiger partial charge in [-0.2, -0.15) is 0 Å². The third kappa shape index (κ3) is 29.3. The minimum atomic E-state index is -0.981. The van der Waals surface area contributed by atoms with Gasteiger partial charge in [-0.05, 0) is 103 Å². The monoisotopic (exact) mass is 2050 g/mol. The highest BCUT2D eigenvalue weighted by Crippen LogP contribution is 2.46. The van der Waals surface area contributed by atoms with E-state index in [0.717, 1.165) is 62.5 Å². The predicted molar refractivity (Wildman–Crippen MR) is 555 cm³/mol. The first-order valence-corrected chi connectivity index (χ1v) is 52.4. The molecule has 0 saturated carbocycles. The highest BCUT2D eigenvalue weighted by atomic mass is 33.1. The Balaban J connectivity index is 0.574. The maximum atomic E-state index is 14.8. The summed E-state index contributed by atoms with van der Waals surface area (Å²) in [6.45, 7) is 21.6. The maximum absolute atomic E-state index is 14.8. The molecular formula is C107H135N13O24S2. The maximum Gasteiger partial charge on any atom is 0.303 e. The van der Waals surface area contributed by atoms with Crippen LogP contribution in [0.25, 0.3) is 0 Å². The van der Waals surface area contributed by atoms with Gasteiger partial charge >= 0.3 is 5.97 Å². The first kappa shape index (κ1) is 108. The lowest BCUT2D eigenvalue weighted by atomic mass is 10.1. The molecule has 5 saturated heterocycles. The van der Waals surface area contributed by atoms with Crippen molar-refractivity contribution in [3.63, 3.8) is 0 Å². The number of fused-ring (bicyclic) bond motifs is 8. The number of carbonyl (C=O) groups is 6. The van der Waals surface area contributed by atoms with Crippen molar-refractivity contribution in [2.75, 3.05) is 219 Å². The number of aliphatic imine (C=N–C) groups is 4. The van der Waals surface area contributed by atoms with Crippen LogP contribution >= 0.6 is 21.6 Å². The second kappa shape index (κ2) is 53.5. The number of hydrogen-bond donors (Lipinski definition) is 1. The Morgan fingerprint density at radius 3 is 1.18 bits per heavy atom. The largest absolute Gasteiger partial charge is 0.493 e. The van der Waals surface area contributed by atoms with Crippen LogP contribution < -0.4 is 47.4 Å². The Morgan fingerprint density at radius 1 is 0.438 bits per heavy atom. The quantitative estimate of drug-likeness (QED) is 0.0210. The zero-order valence-electron chi connectivity index (χ0n) is 85.1. The Kier molecular flexibility index (Phi) is 39.7. The van der Waals surface area contributed by atoms with Crippen LogP contribution in [0.15, 0.2) is 139 Å². The van der Waals surface area contributed by atoms with Gasteiger partial charge in [-0.1, -0.05) is 68.2 Å². The minimum Gasteiger partial charge on any atom is -0.493 e. The zero-order valence-corrected chi connectivity index (χ0v) is 86.7. The van der Waals surface area contributed by atoms with Gasteiger partial charge < -0.3 is 110 Å². The molecule has 5 amide bonds. The molecule has 0 radical (unpaired) electrons. The molecule has 11 heterocycles. The summed E-state index contributed by atoms with van der Waals surface area (Å²) in [6.07, 6.45) is 22.0. The zero-order chi connectivity index (χ0) is 102. The third-order valence-electron chi connectivity index (χ3n) is 26.4. The van der Waals surface area contributed by atoms with Crippen molar-refractivity contribution in [1.82, 2.24) is 44.3 Å². The lowest BCUT2D eigenvalue weighted by Crippen LogP contribution is -2.40. The van der Waals surface area contributed by atoms with E-state index in [1.165, 1.54) is 26.9 Å². The number of amides is 5. The summed E-state index contributed by atoms with van der Waals surface area (Å²) in [5.74, 6) is 1.63. The molecular weight excluding hydrogens is 1920 g/mol. The van der Waals surface area contributed by atoms with Crippen LogP contribution in [-0.4, -0.2) is 358 Å². The molecule has 146 heavy (non-hydrogen) atoms. The number of aliphatic carboxylic acids is 1. The van der Waals surface area contributed by atoms with Crippen molar-refractivity contribution in [3.8, 4) is 57.5 Å². The molecule has 4 aromatic carbocycles. The molecule has 784 valence electrons. The fourth-order valence-electron chi connectivity index (χ4n) is 18.8. The van der Waals surface area contributed by atoms with E-state index in [0.29, 0.717) is 257 Å². The SMILES string of the molecule is C/C=C1\CC2C=Nc3cc(OCc4cc(OCCN(CCOCCOCCN5CCOCC5)CC(C)(C)SSC)cc(COc5cc6c(cc5OC)C(=O)N5C/C(=C/CC/C=C7\CC8C=Nc9cc(OCc%10cc(OCCN(CCCC(=O)O)C(=O)CCOCCOCCOCCOC)cc(COc%11cc%12c(cc%11OC)C(=O)N%11C/C(=C/C)C[C@H]%11C=N%12)n%10)c(OC)cc9C(=O)N8C7)C[C@H]5C=N6)n4)c(OC)cc3C(=O)N2C1. The number of unbranched alkanes of at least 4 members (excludes halogenated alkanes) is 1. The average Bonchev–Trinajstić information content (AvgIpc) is 1.62. The lowest BCUT2D eigenvalue weighted by Gasteiger charge is -2.31. The molecule has 37 nitrogen and oxygen atoms in total. The number of morpholine rings is 1. The van der Waals surface area contributed by atoms with Crippen molar-refractivity contribution in [2.45, 2.75) is 141 Å². The van der Waals surface area contributed by atoms with E-state index in [9.17, 15) is 33.9 Å². The Labute approximate surface area is 860 Å². The number of methoxy groups -OCH3 is 5. The molecule has 0 bridgehead atoms. The van der Waals surface area contributed by atoms with E-state index >= 15 is 0 Å². The number of ether oxygens (including phenoxy) is 17. The summed E-state index contributed by atoms with van der Waals surface area (Å²) < 4.78 is 102. The topological polar surface area (TPSA) is 377 Å². The number of nitrogens with zero attached hydrogens (tertiary/aromatic N) is 13. The molecule has 0 aliphatic carbocycles. The smallest absolute Gasteiger partial charge is 0.303 e. The van der Waals surface area contributed by atoms with Gasteiger partial charge in [0, 0.05) is 164 Å². The van der Waals surface area contributed by atoms with Crippen LogP contribution in [0.3, 0.4) is 0 Å². The van der Waals surface area contributed by atoms with Gasteiger partial charge in [0.1, 0.15) is 51.1 Å². The van der Waals surface area contributed by atoms with E-state index in [1.807, 2.05) is 70.0 Å². The number of aromatic nitrogens is 2. The van der Waals surface area contributed by atoms with Crippen LogP contribution in [0.4, 0.5) is 22.7 Å². The van der Waals surface area contributed by atoms with Crippen molar-refractivity contribution < 1.29 is 114 Å². The summed E-state index contributed by atoms with van der Waals surface area (Å²) in [5.41, 5.74) is 9.69. The summed E-state index contributed by atoms with van der Waals surface area (Å²) in [4.78, 5) is 126. The van der Waals surface area contributed by atoms with Gasteiger partial charge in [-0.3, -0.25) is 68.5 Å². The van der Waals surface area contributed by atoms with E-state index in [4.69, 9.17) is 110 Å². The summed E-state index contributed by atoms with van der Waals surface area (Å²) in [5, 5.41) is 9.52. The standard InChI is InChI=1S/C107H135N13O24S2/c1-11-71-42-79-58-108-89-54-97(93(129-6)50-85(89)103(124)117(79)62-71)141-66-75-46-83(139-32-25-115(70-107(3,4)146-145-10)24-31-136-38-37-135-30-23-114-21-28-134-29-22-114)47-76(112-75)67-142-99-56-91-87(52-95(99)131-8)105(126)119-64-73(44-81(119)60-110-91)16-13-14-17-74-45-82-61-111-92-57-100(96(132-9)53-88(92)106(127)120(82)65-74)144-69-78-49-84(140-33-26-116(20-15-18-102(122)123)101(121)19-27-133-36-39-138-41-40-137-35-34-128-5)48-77(113-78)68-143-98-55-90-86(51-94(98)130-7)104(125)118-63-72(12-2)43-80(118)59-109-90/h11-12,16-17,46-61,79-82H,13-15,18-45,62-70H2,1-10H3,(H,122,123)/b71-11+,72-12+,73-16+,74-17+/t79?,80-,81-,82?/m0/s1. The van der Waals surface area contributed by atoms with E-state index < -0.39 is 5.97 Å². The number of carboxylic acid groups (broad SMARTS) is 1. The molecule has 2 aromatic heterocycles. The molecule has 2 unspecified atom stereocenters. The fraction of sp³-hybridized carbons (Fsp3) is 0.514. The molecule has 0 spiro atoms. The molecule has 39 heteroatoms. The summed E-state index contributed by atoms with van der Waals surface area (Å²) >= 11 is 0. The van der Waals surface area contributed by atoms with E-state index in [2.05, 4.69) is 48.1 Å². The molecule has 15 rings (SSSR count). The van der Waals surface area contributed by atoms with Crippen LogP contribution in [0.1, 0.15) is 150 Å². The van der Waals surface area contributed by atoms with Crippen LogP contribution in [-0.2, 0) is 69.2 Å². The minimum absolute atomic E-state index is 0.0122. The van der Waals surface area contributed by atoms with Gasteiger partial charge in [0.2, 0.25) is 5.91 Å². The molecule has 5 fully saturated rings. The number of allylic oxidation sites excluding steroid dienone is 4. The Morgan fingerprint density at radius 2 is 0.801 bits per heavy atom. The molecule has 1 N–H and O–H groups in total. The first-order valence-electron chi connectivity index (χ1n) is 49.9. The van der Waals surface area contributed by atoms with Crippen molar-refractivity contribution in [1.29, 1.82) is 0 Å². The second-order valence-electron chi connectivity index (χ2n) is 37.1. The van der Waals surface area contributed by atoms with Crippen LogP contribution in [0, 0.1) is 0 Å². The van der Waals surface area contributed by atoms with Gasteiger partial charge in [0.05, 0.1) is 219 Å². The van der Waals surface area contributed by atoms with Crippen molar-refractivity contribution >= 4 is 105 Å². The van der Waals surface area contributed by atoms with Crippen molar-refractivity contribution in [2.24, 2.45) is 20.0 Å². The predicted octanol–water partition coefficient (Wildman–Crippen LogP) is 13.8. The number of rotatable bonds is 56. The highest BCUT2D eigenvalue weighted by Gasteiger charge is 2.41. The lowest BCUT2D eigenvalue weighted by molar-refractivity contribution is -0.138. The van der Waals surface area contributed by atoms with Gasteiger partial charge in [-0.25, -0.2) is 0 Å². The molecule has 9 aliphatic rings. The number of hydrogen-bond acceptors (Lipinski definition) is 33. The summed E-state index contributed by atoms with van der Waals surface area (Å²) in [6, 6.07) is 19.6. The molecule has 9 aliphatic heterocycles. The number of benzene rings is 4. The fourth-order valence-corrected chi connectivity index (χ4v) is 21.0. The number of carboxylic acids is 1.